The van der Waals surface area contributed by atoms with Gasteiger partial charge in [0.2, 0.25) is 0 Å². The lowest BCUT2D eigenvalue weighted by Crippen LogP contribution is -1.84. The maximum Gasteiger partial charge on any atom is 0.124 e. The summed E-state index contributed by atoms with van der Waals surface area (Å²) in [5, 5.41) is 3.76. The Morgan fingerprint density at radius 2 is 1.55 bits per heavy atom. The third-order valence-corrected chi connectivity index (χ3v) is 5.31. The van der Waals surface area contributed by atoms with Gasteiger partial charge < -0.3 is 0 Å². The van der Waals surface area contributed by atoms with E-state index in [1.165, 1.54) is 37.7 Å². The first-order chi connectivity index (χ1) is 10.6. The van der Waals surface area contributed by atoms with E-state index in [9.17, 15) is 0 Å². The van der Waals surface area contributed by atoms with Crippen molar-refractivity contribution < 1.29 is 0 Å². The Morgan fingerprint density at radius 3 is 2.36 bits per heavy atom. The molecule has 3 aromatic carbocycles. The zero-order chi connectivity index (χ0) is 15.3. The number of fused-ring (bicyclic) bond motifs is 2. The van der Waals surface area contributed by atoms with Crippen molar-refractivity contribution in [2.24, 2.45) is 0 Å². The number of aromatic nitrogens is 1. The van der Waals surface area contributed by atoms with E-state index in [4.69, 9.17) is 4.98 Å². The molecule has 0 saturated heterocycles. The molecule has 108 valence electrons. The normalized spacial score (nSPS) is 11.4. The van der Waals surface area contributed by atoms with Gasteiger partial charge in [0.15, 0.2) is 0 Å². The molecule has 2 heteroatoms. The molecule has 4 aromatic rings. The van der Waals surface area contributed by atoms with Crippen LogP contribution in [0, 0.1) is 20.8 Å². The summed E-state index contributed by atoms with van der Waals surface area (Å²) in [6, 6.07) is 17.5. The molecule has 0 aliphatic heterocycles. The van der Waals surface area contributed by atoms with Gasteiger partial charge >= 0.3 is 0 Å². The van der Waals surface area contributed by atoms with Gasteiger partial charge in [0.1, 0.15) is 5.01 Å². The quantitative estimate of drug-likeness (QED) is 0.417. The molecule has 1 heterocycles. The highest BCUT2D eigenvalue weighted by molar-refractivity contribution is 7.21. The van der Waals surface area contributed by atoms with Gasteiger partial charge in [-0.3, -0.25) is 0 Å². The van der Waals surface area contributed by atoms with E-state index >= 15 is 0 Å². The van der Waals surface area contributed by atoms with Crippen LogP contribution in [0.15, 0.2) is 48.5 Å². The van der Waals surface area contributed by atoms with Crippen LogP contribution in [0.1, 0.15) is 16.7 Å². The minimum atomic E-state index is 1.09. The predicted molar refractivity (Wildman–Crippen MR) is 96.8 cm³/mol. The van der Waals surface area contributed by atoms with Crippen LogP contribution in [0.2, 0.25) is 0 Å². The molecule has 0 aliphatic carbocycles. The average molecular weight is 303 g/mol. The molecule has 0 atom stereocenters. The fourth-order valence-electron chi connectivity index (χ4n) is 2.93. The summed E-state index contributed by atoms with van der Waals surface area (Å²) in [6.07, 6.45) is 0. The molecular formula is C20H17NS. The number of thiazole rings is 1. The Kier molecular flexibility index (Phi) is 3.02. The second-order valence-electron chi connectivity index (χ2n) is 5.95. The fourth-order valence-corrected chi connectivity index (χ4v) is 3.99. The van der Waals surface area contributed by atoms with Crippen molar-refractivity contribution in [1.29, 1.82) is 0 Å². The van der Waals surface area contributed by atoms with E-state index in [0.29, 0.717) is 0 Å². The van der Waals surface area contributed by atoms with Crippen LogP contribution in [-0.2, 0) is 0 Å². The van der Waals surface area contributed by atoms with Crippen LogP contribution in [-0.4, -0.2) is 4.98 Å². The van der Waals surface area contributed by atoms with E-state index in [1.54, 1.807) is 11.3 Å². The van der Waals surface area contributed by atoms with Crippen molar-refractivity contribution in [2.75, 3.05) is 0 Å². The van der Waals surface area contributed by atoms with Crippen LogP contribution >= 0.6 is 11.3 Å². The van der Waals surface area contributed by atoms with Gasteiger partial charge in [0.05, 0.1) is 10.2 Å². The lowest BCUT2D eigenvalue weighted by molar-refractivity contribution is 1.44. The zero-order valence-corrected chi connectivity index (χ0v) is 13.8. The van der Waals surface area contributed by atoms with Gasteiger partial charge in [-0.15, -0.1) is 11.3 Å². The average Bonchev–Trinajstić information content (AvgIpc) is 2.94. The third-order valence-electron chi connectivity index (χ3n) is 4.24. The lowest BCUT2D eigenvalue weighted by atomic mass is 9.99. The lowest BCUT2D eigenvalue weighted by Gasteiger charge is -2.07. The largest absolute Gasteiger partial charge is 0.236 e. The smallest absolute Gasteiger partial charge is 0.124 e. The zero-order valence-electron chi connectivity index (χ0n) is 13.0. The Morgan fingerprint density at radius 1 is 0.773 bits per heavy atom. The molecule has 0 N–H and O–H groups in total. The van der Waals surface area contributed by atoms with Crippen LogP contribution in [0.25, 0.3) is 31.6 Å². The minimum absolute atomic E-state index is 1.09. The molecule has 0 radical (unpaired) electrons. The van der Waals surface area contributed by atoms with Gasteiger partial charge in [-0.1, -0.05) is 30.3 Å². The number of aryl methyl sites for hydroxylation is 3. The Labute approximate surface area is 134 Å². The van der Waals surface area contributed by atoms with Crippen molar-refractivity contribution in [3.05, 3.63) is 65.2 Å². The standard InChI is InChI=1S/C20H17NS/c1-12-4-9-18-19(10-12)22-20(21-18)15-7-8-16-13(2)5-6-14(3)17(16)11-15/h4-11H,1-3H3. The van der Waals surface area contributed by atoms with E-state index < -0.39 is 0 Å². The van der Waals surface area contributed by atoms with E-state index in [0.717, 1.165) is 10.5 Å². The van der Waals surface area contributed by atoms with Gasteiger partial charge in [0.25, 0.3) is 0 Å². The molecule has 1 aromatic heterocycles. The second kappa shape index (κ2) is 4.92. The summed E-state index contributed by atoms with van der Waals surface area (Å²) < 4.78 is 1.26. The molecule has 1 nitrogen and oxygen atoms in total. The summed E-state index contributed by atoms with van der Waals surface area (Å²) in [6.45, 7) is 6.47. The molecule has 0 aliphatic rings. The monoisotopic (exact) mass is 303 g/mol. The van der Waals surface area contributed by atoms with E-state index in [-0.39, 0.29) is 0 Å². The Balaban J connectivity index is 1.94. The van der Waals surface area contributed by atoms with Gasteiger partial charge in [-0.25, -0.2) is 4.98 Å². The highest BCUT2D eigenvalue weighted by Crippen LogP contribution is 2.33. The first kappa shape index (κ1) is 13.5. The molecule has 0 unspecified atom stereocenters. The number of hydrogen-bond acceptors (Lipinski definition) is 2. The second-order valence-corrected chi connectivity index (χ2v) is 6.98. The fraction of sp³-hybridized carbons (Fsp3) is 0.150. The van der Waals surface area contributed by atoms with Crippen molar-refractivity contribution in [3.63, 3.8) is 0 Å². The summed E-state index contributed by atoms with van der Waals surface area (Å²) in [7, 11) is 0. The van der Waals surface area contributed by atoms with Crippen molar-refractivity contribution in [1.82, 2.24) is 4.98 Å². The first-order valence-corrected chi connectivity index (χ1v) is 8.31. The van der Waals surface area contributed by atoms with Gasteiger partial charge in [-0.05, 0) is 66.4 Å². The Hall–Kier alpha value is -2.19. The number of nitrogens with zero attached hydrogens (tertiary/aromatic N) is 1. The van der Waals surface area contributed by atoms with Crippen molar-refractivity contribution >= 4 is 32.3 Å². The topological polar surface area (TPSA) is 12.9 Å². The SMILES string of the molecule is Cc1ccc2nc(-c3ccc4c(C)ccc(C)c4c3)sc2c1. The summed E-state index contributed by atoms with van der Waals surface area (Å²) in [5.41, 5.74) is 6.23. The molecule has 4 rings (SSSR count). The van der Waals surface area contributed by atoms with E-state index in [1.807, 2.05) is 0 Å². The highest BCUT2D eigenvalue weighted by atomic mass is 32.1. The van der Waals surface area contributed by atoms with Gasteiger partial charge in [0, 0.05) is 5.56 Å². The highest BCUT2D eigenvalue weighted by Gasteiger charge is 2.08. The first-order valence-electron chi connectivity index (χ1n) is 7.49. The number of rotatable bonds is 1. The molecular weight excluding hydrogens is 286 g/mol. The molecule has 0 amide bonds. The third kappa shape index (κ3) is 2.11. The maximum absolute atomic E-state index is 4.80. The van der Waals surface area contributed by atoms with Crippen LogP contribution in [0.3, 0.4) is 0 Å². The minimum Gasteiger partial charge on any atom is -0.236 e. The predicted octanol–water partition coefficient (Wildman–Crippen LogP) is 6.04. The molecule has 0 saturated carbocycles. The molecule has 0 spiro atoms. The number of benzene rings is 3. The van der Waals surface area contributed by atoms with Crippen LogP contribution < -0.4 is 0 Å². The molecule has 0 bridgehead atoms. The molecule has 22 heavy (non-hydrogen) atoms. The van der Waals surface area contributed by atoms with Gasteiger partial charge in [-0.2, -0.15) is 0 Å². The summed E-state index contributed by atoms with van der Waals surface area (Å²) in [4.78, 5) is 4.80. The van der Waals surface area contributed by atoms with E-state index in [2.05, 4.69) is 69.3 Å². The summed E-state index contributed by atoms with van der Waals surface area (Å²) in [5.74, 6) is 0. The van der Waals surface area contributed by atoms with Crippen LogP contribution in [0.4, 0.5) is 0 Å². The molecule has 0 fully saturated rings. The van der Waals surface area contributed by atoms with Crippen LogP contribution in [0.5, 0.6) is 0 Å². The summed E-state index contributed by atoms with van der Waals surface area (Å²) >= 11 is 1.77. The number of hydrogen-bond donors (Lipinski definition) is 0. The maximum atomic E-state index is 4.80. The Bertz CT molecular complexity index is 1010. The van der Waals surface area contributed by atoms with Crippen molar-refractivity contribution in [2.45, 2.75) is 20.8 Å². The van der Waals surface area contributed by atoms with Crippen molar-refractivity contribution in [3.8, 4) is 10.6 Å².